The van der Waals surface area contributed by atoms with Crippen molar-refractivity contribution in [1.82, 2.24) is 0 Å². The van der Waals surface area contributed by atoms with Gasteiger partial charge in [0, 0.05) is 12.5 Å². The molecule has 1 N–H and O–H groups in total. The van der Waals surface area contributed by atoms with Crippen molar-refractivity contribution in [3.05, 3.63) is 48.4 Å². The Labute approximate surface area is 79.7 Å². The smallest absolute Gasteiger partial charge is 0.0499 e. The van der Waals surface area contributed by atoms with Gasteiger partial charge in [0.2, 0.25) is 0 Å². The number of aliphatic hydroxyl groups excluding tert-OH is 1. The largest absolute Gasteiger partial charge is 0.396 e. The van der Waals surface area contributed by atoms with E-state index >= 15 is 0 Å². The fourth-order valence-electron chi connectivity index (χ4n) is 1.43. The van der Waals surface area contributed by atoms with Gasteiger partial charge in [-0.25, -0.2) is 0 Å². The van der Waals surface area contributed by atoms with Crippen LogP contribution in [-0.4, -0.2) is 11.7 Å². The van der Waals surface area contributed by atoms with E-state index in [0.29, 0.717) is 0 Å². The van der Waals surface area contributed by atoms with Gasteiger partial charge in [-0.2, -0.15) is 0 Å². The molecule has 0 aromatic heterocycles. The van der Waals surface area contributed by atoms with Crippen LogP contribution in [0.3, 0.4) is 0 Å². The maximum absolute atomic E-state index is 8.99. The van der Waals surface area contributed by atoms with Crippen molar-refractivity contribution in [3.63, 3.8) is 0 Å². The van der Waals surface area contributed by atoms with Crippen LogP contribution in [0.5, 0.6) is 0 Å². The van der Waals surface area contributed by atoms with Crippen LogP contribution in [0.25, 0.3) is 6.08 Å². The quantitative estimate of drug-likeness (QED) is 0.748. The highest BCUT2D eigenvalue weighted by Crippen LogP contribution is 2.22. The van der Waals surface area contributed by atoms with Crippen molar-refractivity contribution >= 4 is 6.08 Å². The fourth-order valence-corrected chi connectivity index (χ4v) is 1.43. The summed E-state index contributed by atoms with van der Waals surface area (Å²) in [6.07, 6.45) is 1.82. The minimum atomic E-state index is -0.0418. The lowest BCUT2D eigenvalue weighted by molar-refractivity contribution is 0.282. The third-order valence-electron chi connectivity index (χ3n) is 2.30. The molecule has 1 heteroatoms. The predicted octanol–water partition coefficient (Wildman–Crippen LogP) is 2.55. The van der Waals surface area contributed by atoms with Gasteiger partial charge in [-0.15, -0.1) is 0 Å². The van der Waals surface area contributed by atoms with E-state index < -0.39 is 0 Å². The minimum absolute atomic E-state index is 0.0418. The van der Waals surface area contributed by atoms with Crippen molar-refractivity contribution in [2.75, 3.05) is 6.61 Å². The summed E-state index contributed by atoms with van der Waals surface area (Å²) in [4.78, 5) is 0. The molecule has 1 nitrogen and oxygen atoms in total. The molecule has 69 valence electrons. The van der Waals surface area contributed by atoms with Crippen molar-refractivity contribution < 1.29 is 5.11 Å². The maximum atomic E-state index is 8.99. The van der Waals surface area contributed by atoms with E-state index in [1.165, 1.54) is 0 Å². The first-order valence-electron chi connectivity index (χ1n) is 4.36. The first-order valence-corrected chi connectivity index (χ1v) is 4.36. The first-order chi connectivity index (χ1) is 6.20. The summed E-state index contributed by atoms with van der Waals surface area (Å²) in [6, 6.07) is 5.97. The van der Waals surface area contributed by atoms with Gasteiger partial charge in [-0.05, 0) is 30.5 Å². The summed E-state index contributed by atoms with van der Waals surface area (Å²) in [5, 5.41) is 8.99. The molecule has 0 heterocycles. The maximum Gasteiger partial charge on any atom is 0.0499 e. The Morgan fingerprint density at radius 1 is 1.54 bits per heavy atom. The molecule has 0 saturated heterocycles. The SMILES string of the molecule is [CH2]C(CO)c1cccc(C=C)c1C. The fraction of sp³-hybridized carbons (Fsp3) is 0.250. The average Bonchev–Trinajstić information content (AvgIpc) is 2.17. The Hall–Kier alpha value is -1.08. The Balaban J connectivity index is 3.15. The Bertz CT molecular complexity index is 302. The lowest BCUT2D eigenvalue weighted by atomic mass is 9.94. The number of hydrogen-bond donors (Lipinski definition) is 1. The predicted molar refractivity (Wildman–Crippen MR) is 56.5 cm³/mol. The Morgan fingerprint density at radius 2 is 2.23 bits per heavy atom. The Kier molecular flexibility index (Phi) is 3.26. The summed E-state index contributed by atoms with van der Waals surface area (Å²) in [5.74, 6) is -0.0418. The van der Waals surface area contributed by atoms with Gasteiger partial charge in [-0.1, -0.05) is 30.9 Å². The van der Waals surface area contributed by atoms with Crippen LogP contribution in [0.4, 0.5) is 0 Å². The third-order valence-corrected chi connectivity index (χ3v) is 2.30. The molecular formula is C12H15O. The monoisotopic (exact) mass is 175 g/mol. The second-order valence-corrected chi connectivity index (χ2v) is 3.15. The van der Waals surface area contributed by atoms with E-state index in [-0.39, 0.29) is 12.5 Å². The molecule has 0 amide bonds. The van der Waals surface area contributed by atoms with Gasteiger partial charge < -0.3 is 5.11 Å². The molecule has 1 atom stereocenters. The first kappa shape index (κ1) is 10.0. The summed E-state index contributed by atoms with van der Waals surface area (Å²) in [5.41, 5.74) is 3.37. The molecule has 0 fully saturated rings. The van der Waals surface area contributed by atoms with Crippen molar-refractivity contribution in [1.29, 1.82) is 0 Å². The second-order valence-electron chi connectivity index (χ2n) is 3.15. The highest BCUT2D eigenvalue weighted by Gasteiger charge is 2.08. The third kappa shape index (κ3) is 1.99. The van der Waals surface area contributed by atoms with Gasteiger partial charge in [-0.3, -0.25) is 0 Å². The van der Waals surface area contributed by atoms with E-state index in [0.717, 1.165) is 16.7 Å². The van der Waals surface area contributed by atoms with Gasteiger partial charge in [0.1, 0.15) is 0 Å². The Morgan fingerprint density at radius 3 is 2.77 bits per heavy atom. The van der Waals surface area contributed by atoms with Crippen molar-refractivity contribution in [2.45, 2.75) is 12.8 Å². The van der Waals surface area contributed by atoms with Crippen LogP contribution >= 0.6 is 0 Å². The average molecular weight is 175 g/mol. The molecule has 1 aromatic rings. The highest BCUT2D eigenvalue weighted by atomic mass is 16.3. The molecule has 0 bridgehead atoms. The molecular weight excluding hydrogens is 160 g/mol. The molecule has 1 rings (SSSR count). The number of rotatable bonds is 3. The standard InChI is InChI=1S/C12H15O/c1-4-11-6-5-7-12(10(11)3)9(2)8-13/h4-7,9,13H,1-2,8H2,3H3. The van der Waals surface area contributed by atoms with E-state index in [4.69, 9.17) is 5.11 Å². The van der Waals surface area contributed by atoms with E-state index in [2.05, 4.69) is 13.5 Å². The topological polar surface area (TPSA) is 20.2 Å². The van der Waals surface area contributed by atoms with Gasteiger partial charge in [0.25, 0.3) is 0 Å². The number of aliphatic hydroxyl groups is 1. The number of benzene rings is 1. The molecule has 1 unspecified atom stereocenters. The minimum Gasteiger partial charge on any atom is -0.396 e. The van der Waals surface area contributed by atoms with E-state index in [1.807, 2.05) is 31.2 Å². The zero-order valence-electron chi connectivity index (χ0n) is 7.96. The lowest BCUT2D eigenvalue weighted by Crippen LogP contribution is -2.02. The molecule has 0 aliphatic heterocycles. The highest BCUT2D eigenvalue weighted by molar-refractivity contribution is 5.54. The van der Waals surface area contributed by atoms with Crippen LogP contribution in [0.1, 0.15) is 22.6 Å². The molecule has 0 saturated carbocycles. The van der Waals surface area contributed by atoms with Crippen molar-refractivity contribution in [3.8, 4) is 0 Å². The van der Waals surface area contributed by atoms with Crippen LogP contribution in [0.2, 0.25) is 0 Å². The zero-order chi connectivity index (χ0) is 9.84. The van der Waals surface area contributed by atoms with Gasteiger partial charge >= 0.3 is 0 Å². The molecule has 1 radical (unpaired) electrons. The second kappa shape index (κ2) is 4.24. The van der Waals surface area contributed by atoms with Crippen LogP contribution in [0, 0.1) is 13.8 Å². The molecule has 0 spiro atoms. The molecule has 0 aliphatic carbocycles. The summed E-state index contributed by atoms with van der Waals surface area (Å²) in [6.45, 7) is 9.73. The molecule has 0 aliphatic rings. The van der Waals surface area contributed by atoms with E-state index in [9.17, 15) is 0 Å². The molecule has 1 aromatic carbocycles. The summed E-state index contributed by atoms with van der Waals surface area (Å²) < 4.78 is 0. The lowest BCUT2D eigenvalue weighted by Gasteiger charge is -2.13. The normalized spacial score (nSPS) is 12.5. The summed E-state index contributed by atoms with van der Waals surface area (Å²) in [7, 11) is 0. The van der Waals surface area contributed by atoms with Crippen molar-refractivity contribution in [2.24, 2.45) is 0 Å². The number of hydrogen-bond acceptors (Lipinski definition) is 1. The molecule has 13 heavy (non-hydrogen) atoms. The van der Waals surface area contributed by atoms with Gasteiger partial charge in [0.15, 0.2) is 0 Å². The van der Waals surface area contributed by atoms with Crippen LogP contribution < -0.4 is 0 Å². The van der Waals surface area contributed by atoms with Gasteiger partial charge in [0.05, 0.1) is 0 Å². The van der Waals surface area contributed by atoms with E-state index in [1.54, 1.807) is 0 Å². The summed E-state index contributed by atoms with van der Waals surface area (Å²) >= 11 is 0. The van der Waals surface area contributed by atoms with Crippen LogP contribution in [0.15, 0.2) is 24.8 Å². The van der Waals surface area contributed by atoms with Crippen LogP contribution in [-0.2, 0) is 0 Å². The zero-order valence-corrected chi connectivity index (χ0v) is 7.96.